The lowest BCUT2D eigenvalue weighted by Gasteiger charge is -2.21. The Balaban J connectivity index is 0.000000424. The molecular weight excluding hydrogens is 585 g/mol. The van der Waals surface area contributed by atoms with Crippen molar-refractivity contribution >= 4 is 64.4 Å². The number of carbonyl (C=O) groups excluding carboxylic acids is 2. The van der Waals surface area contributed by atoms with E-state index in [1.165, 1.54) is 37.1 Å². The van der Waals surface area contributed by atoms with Crippen LogP contribution in [0.4, 0.5) is 17.1 Å². The smallest absolute Gasteiger partial charge is 0.255 e. The van der Waals surface area contributed by atoms with Gasteiger partial charge >= 0.3 is 0 Å². The van der Waals surface area contributed by atoms with Crippen molar-refractivity contribution < 1.29 is 9.59 Å². The Kier molecular flexibility index (Phi) is 19.2. The number of aldehydes is 1. The molecule has 3 aromatic carbocycles. The van der Waals surface area contributed by atoms with Crippen molar-refractivity contribution in [1.29, 1.82) is 0 Å². The van der Waals surface area contributed by atoms with E-state index in [-0.39, 0.29) is 5.91 Å². The SMILES string of the molecule is C/C=C(\C)Cl.CCC.CNc1cc(NC(=O)c2ccc(N3CCCCCS3)cc2)ccc1C.O=Cc1cccc(Cl)c1. The summed E-state index contributed by atoms with van der Waals surface area (Å²) in [5, 5.41) is 7.56. The summed E-state index contributed by atoms with van der Waals surface area (Å²) in [5.41, 5.74) is 5.44. The second-order valence-corrected chi connectivity index (χ2v) is 11.7. The Labute approximate surface area is 267 Å². The first-order valence-electron chi connectivity index (χ1n) is 14.3. The van der Waals surface area contributed by atoms with Crippen LogP contribution < -0.4 is 14.9 Å². The Bertz CT molecular complexity index is 1240. The second kappa shape index (κ2) is 21.7. The zero-order valence-electron chi connectivity index (χ0n) is 25.7. The fourth-order valence-corrected chi connectivity index (χ4v) is 4.79. The van der Waals surface area contributed by atoms with Crippen LogP contribution in [-0.4, -0.2) is 31.5 Å². The fourth-order valence-electron chi connectivity index (χ4n) is 3.51. The predicted molar refractivity (Wildman–Crippen MR) is 187 cm³/mol. The standard InChI is InChI=1S/C20H25N3OS.C7H5ClO.C4H7Cl.C3H8/c1-15-6-9-17(14-19(15)21-2)22-20(24)16-7-10-18(11-8-16)23-12-4-3-5-13-25-23;8-7-3-1-2-6(4-7)5-9;1-3-4(2)5;1-3-2/h6-11,14,21H,3-5,12-13H2,1-2H3,(H,22,24);1-5H;3H,1-2H3;3H2,1-2H3/b;;4-3+;. The highest BCUT2D eigenvalue weighted by Crippen LogP contribution is 2.27. The number of aryl methyl sites for hydroxylation is 1. The predicted octanol–water partition coefficient (Wildman–Crippen LogP) is 10.6. The molecule has 0 spiro atoms. The summed E-state index contributed by atoms with van der Waals surface area (Å²) >= 11 is 12.8. The van der Waals surface area contributed by atoms with Crippen LogP contribution in [0.3, 0.4) is 0 Å². The van der Waals surface area contributed by atoms with Gasteiger partial charge in [0.1, 0.15) is 6.29 Å². The number of anilines is 3. The maximum absolute atomic E-state index is 12.5. The highest BCUT2D eigenvalue weighted by Gasteiger charge is 2.12. The average Bonchev–Trinajstić information content (AvgIpc) is 3.29. The minimum atomic E-state index is -0.0824. The molecule has 1 saturated heterocycles. The number of nitrogens with zero attached hydrogens (tertiary/aromatic N) is 1. The normalized spacial score (nSPS) is 12.6. The van der Waals surface area contributed by atoms with E-state index in [4.69, 9.17) is 23.2 Å². The van der Waals surface area contributed by atoms with Crippen LogP contribution >= 0.6 is 35.1 Å². The molecule has 1 fully saturated rings. The zero-order chi connectivity index (χ0) is 31.3. The zero-order valence-corrected chi connectivity index (χ0v) is 28.0. The maximum atomic E-state index is 12.5. The number of halogens is 2. The van der Waals surface area contributed by atoms with Gasteiger partial charge in [-0.1, -0.05) is 74.2 Å². The van der Waals surface area contributed by atoms with E-state index < -0.39 is 0 Å². The Hall–Kier alpha value is -2.93. The first-order valence-corrected chi connectivity index (χ1v) is 16.0. The summed E-state index contributed by atoms with van der Waals surface area (Å²) in [7, 11) is 1.88. The molecule has 5 nitrogen and oxygen atoms in total. The van der Waals surface area contributed by atoms with Crippen molar-refractivity contribution in [2.45, 2.75) is 60.3 Å². The molecule has 2 N–H and O–H groups in total. The largest absolute Gasteiger partial charge is 0.388 e. The maximum Gasteiger partial charge on any atom is 0.255 e. The van der Waals surface area contributed by atoms with Crippen molar-refractivity contribution in [1.82, 2.24) is 0 Å². The number of amides is 1. The van der Waals surface area contributed by atoms with Gasteiger partial charge in [-0.2, -0.15) is 0 Å². The van der Waals surface area contributed by atoms with Crippen molar-refractivity contribution in [2.24, 2.45) is 0 Å². The number of benzene rings is 3. The Morgan fingerprint density at radius 2 is 1.69 bits per heavy atom. The average molecular weight is 631 g/mol. The highest BCUT2D eigenvalue weighted by atomic mass is 35.5. The lowest BCUT2D eigenvalue weighted by molar-refractivity contribution is 0.102. The van der Waals surface area contributed by atoms with Crippen molar-refractivity contribution in [3.8, 4) is 0 Å². The third kappa shape index (κ3) is 14.8. The van der Waals surface area contributed by atoms with Gasteiger partial charge in [0.2, 0.25) is 0 Å². The summed E-state index contributed by atoms with van der Waals surface area (Å²) in [4.78, 5) is 22.6. The molecular formula is C34H45Cl2N3O2S. The van der Waals surface area contributed by atoms with Gasteiger partial charge in [-0.3, -0.25) is 9.59 Å². The summed E-state index contributed by atoms with van der Waals surface area (Å²) < 4.78 is 2.34. The summed E-state index contributed by atoms with van der Waals surface area (Å²) in [6.45, 7) is 11.1. The van der Waals surface area contributed by atoms with E-state index in [2.05, 4.69) is 28.8 Å². The van der Waals surface area contributed by atoms with Crippen LogP contribution in [-0.2, 0) is 0 Å². The van der Waals surface area contributed by atoms with Crippen LogP contribution in [0.1, 0.15) is 79.7 Å². The van der Waals surface area contributed by atoms with E-state index in [0.29, 0.717) is 16.1 Å². The molecule has 228 valence electrons. The summed E-state index contributed by atoms with van der Waals surface area (Å²) in [6.07, 6.45) is 7.69. The van der Waals surface area contributed by atoms with Gasteiger partial charge in [-0.25, -0.2) is 0 Å². The van der Waals surface area contributed by atoms with Gasteiger partial charge in [0, 0.05) is 57.6 Å². The quantitative estimate of drug-likeness (QED) is 0.217. The minimum absolute atomic E-state index is 0.0824. The van der Waals surface area contributed by atoms with Crippen LogP contribution in [0.25, 0.3) is 0 Å². The molecule has 0 atom stereocenters. The molecule has 0 saturated carbocycles. The number of rotatable bonds is 5. The molecule has 0 radical (unpaired) electrons. The van der Waals surface area contributed by atoms with E-state index >= 15 is 0 Å². The van der Waals surface area contributed by atoms with Crippen LogP contribution in [0.5, 0.6) is 0 Å². The number of carbonyl (C=O) groups is 2. The van der Waals surface area contributed by atoms with E-state index in [1.807, 2.05) is 88.3 Å². The molecule has 0 aliphatic carbocycles. The van der Waals surface area contributed by atoms with Crippen LogP contribution in [0.15, 0.2) is 77.8 Å². The third-order valence-corrected chi connectivity index (χ3v) is 7.45. The van der Waals surface area contributed by atoms with Gasteiger partial charge in [0.25, 0.3) is 5.91 Å². The third-order valence-electron chi connectivity index (χ3n) is 5.82. The highest BCUT2D eigenvalue weighted by molar-refractivity contribution is 8.00. The molecule has 1 aliphatic rings. The molecule has 8 heteroatoms. The first-order chi connectivity index (χ1) is 20.2. The number of allylic oxidation sites excluding steroid dienone is 2. The number of hydrogen-bond donors (Lipinski definition) is 2. The van der Waals surface area contributed by atoms with E-state index in [9.17, 15) is 9.59 Å². The number of nitrogens with one attached hydrogen (secondary N) is 2. The Morgan fingerprint density at radius 3 is 2.24 bits per heavy atom. The molecule has 3 aromatic rings. The lowest BCUT2D eigenvalue weighted by Crippen LogP contribution is -2.15. The summed E-state index contributed by atoms with van der Waals surface area (Å²) in [5.74, 6) is 1.09. The van der Waals surface area contributed by atoms with Crippen LogP contribution in [0.2, 0.25) is 5.02 Å². The van der Waals surface area contributed by atoms with Crippen LogP contribution in [0, 0.1) is 6.92 Å². The molecule has 1 amide bonds. The van der Waals surface area contributed by atoms with E-state index in [0.717, 1.165) is 34.8 Å². The molecule has 4 rings (SSSR count). The van der Waals surface area contributed by atoms with Gasteiger partial charge in [0.05, 0.1) is 0 Å². The van der Waals surface area contributed by atoms with E-state index in [1.54, 1.807) is 24.3 Å². The Morgan fingerprint density at radius 1 is 1.02 bits per heavy atom. The van der Waals surface area contributed by atoms with Gasteiger partial charge in [-0.05, 0) is 99.7 Å². The summed E-state index contributed by atoms with van der Waals surface area (Å²) in [6, 6.07) is 20.6. The van der Waals surface area contributed by atoms with Crippen molar-refractivity contribution in [3.63, 3.8) is 0 Å². The van der Waals surface area contributed by atoms with Gasteiger partial charge in [0.15, 0.2) is 0 Å². The second-order valence-electron chi connectivity index (χ2n) is 9.53. The van der Waals surface area contributed by atoms with Crippen molar-refractivity contribution in [2.75, 3.05) is 34.3 Å². The van der Waals surface area contributed by atoms with Crippen molar-refractivity contribution in [3.05, 3.63) is 99.6 Å². The fraction of sp³-hybridized carbons (Fsp3) is 0.353. The lowest BCUT2D eigenvalue weighted by atomic mass is 10.1. The molecule has 0 unspecified atom stereocenters. The minimum Gasteiger partial charge on any atom is -0.388 e. The van der Waals surface area contributed by atoms with Gasteiger partial charge in [-0.15, -0.1) is 0 Å². The molecule has 0 bridgehead atoms. The molecule has 1 heterocycles. The molecule has 0 aromatic heterocycles. The number of hydrogen-bond acceptors (Lipinski definition) is 5. The molecule has 42 heavy (non-hydrogen) atoms. The topological polar surface area (TPSA) is 61.4 Å². The monoisotopic (exact) mass is 629 g/mol. The molecule has 1 aliphatic heterocycles. The van der Waals surface area contributed by atoms with Gasteiger partial charge < -0.3 is 14.9 Å². The first kappa shape index (κ1) is 37.1.